The van der Waals surface area contributed by atoms with Crippen molar-refractivity contribution in [1.82, 2.24) is 10.6 Å². The van der Waals surface area contributed by atoms with E-state index in [9.17, 15) is 22.8 Å². The summed E-state index contributed by atoms with van der Waals surface area (Å²) in [5.74, 6) is -0.886. The predicted octanol–water partition coefficient (Wildman–Crippen LogP) is 3.67. The average Bonchev–Trinajstić information content (AvgIpc) is 3.37. The molecule has 1 aliphatic rings. The number of rotatable bonds is 8. The molecule has 28 heavy (non-hydrogen) atoms. The van der Waals surface area contributed by atoms with E-state index < -0.39 is 29.7 Å². The average molecular weight is 395 g/mol. The van der Waals surface area contributed by atoms with Crippen LogP contribution in [0.5, 0.6) is 0 Å². The number of hydrogen-bond acceptors (Lipinski definition) is 4. The Morgan fingerprint density at radius 1 is 1.21 bits per heavy atom. The van der Waals surface area contributed by atoms with Gasteiger partial charge in [0.05, 0.1) is 12.1 Å². The Morgan fingerprint density at radius 3 is 2.18 bits per heavy atom. The molecule has 1 fully saturated rings. The molecule has 0 aromatic heterocycles. The third-order valence-electron chi connectivity index (χ3n) is 4.70. The molecule has 8 heteroatoms. The van der Waals surface area contributed by atoms with Crippen LogP contribution in [-0.4, -0.2) is 29.4 Å². The lowest BCUT2D eigenvalue weighted by molar-refractivity contribution is -0.161. The van der Waals surface area contributed by atoms with Crippen molar-refractivity contribution >= 4 is 11.7 Å². The molecule has 1 amide bonds. The number of halogens is 3. The van der Waals surface area contributed by atoms with E-state index >= 15 is 0 Å². The van der Waals surface area contributed by atoms with E-state index in [1.807, 2.05) is 19.9 Å². The zero-order valence-corrected chi connectivity index (χ0v) is 16.1. The Balaban J connectivity index is 2.26. The highest BCUT2D eigenvalue weighted by molar-refractivity contribution is 5.94. The Kier molecular flexibility index (Phi) is 6.50. The van der Waals surface area contributed by atoms with Crippen LogP contribution in [0.2, 0.25) is 0 Å². The number of carbonyl (C=O) groups excluding carboxylic acids is 2. The SMILES string of the molecule is CC(=O)c1ccc([C@H](N[C@@H](CC(C)C)C(=O)NC2(C#N)CC2)C(F)(F)F)cc1. The fraction of sp³-hybridized carbons (Fsp3) is 0.550. The maximum absolute atomic E-state index is 13.7. The Labute approximate surface area is 162 Å². The fourth-order valence-corrected chi connectivity index (χ4v) is 2.93. The topological polar surface area (TPSA) is 82.0 Å². The lowest BCUT2D eigenvalue weighted by atomic mass is 9.98. The lowest BCUT2D eigenvalue weighted by Gasteiger charge is -2.29. The van der Waals surface area contributed by atoms with Crippen molar-refractivity contribution in [3.8, 4) is 6.07 Å². The molecule has 0 heterocycles. The number of benzene rings is 1. The zero-order valence-electron chi connectivity index (χ0n) is 16.1. The van der Waals surface area contributed by atoms with E-state index in [2.05, 4.69) is 10.6 Å². The van der Waals surface area contributed by atoms with Crippen LogP contribution in [0.1, 0.15) is 62.0 Å². The number of nitrogens with zero attached hydrogens (tertiary/aromatic N) is 1. The summed E-state index contributed by atoms with van der Waals surface area (Å²) in [7, 11) is 0. The molecule has 1 aliphatic carbocycles. The molecule has 152 valence electrons. The normalized spacial score (nSPS) is 17.5. The molecule has 0 radical (unpaired) electrons. The van der Waals surface area contributed by atoms with Gasteiger partial charge < -0.3 is 5.32 Å². The molecular weight excluding hydrogens is 371 g/mol. The second-order valence-electron chi connectivity index (χ2n) is 7.68. The van der Waals surface area contributed by atoms with E-state index in [0.29, 0.717) is 18.4 Å². The summed E-state index contributed by atoms with van der Waals surface area (Å²) in [4.78, 5) is 24.0. The van der Waals surface area contributed by atoms with Gasteiger partial charge in [-0.25, -0.2) is 0 Å². The molecule has 2 atom stereocenters. The minimum atomic E-state index is -4.64. The first-order valence-electron chi connectivity index (χ1n) is 9.14. The van der Waals surface area contributed by atoms with Crippen molar-refractivity contribution in [1.29, 1.82) is 5.26 Å². The van der Waals surface area contributed by atoms with Crippen LogP contribution < -0.4 is 10.6 Å². The first-order valence-corrected chi connectivity index (χ1v) is 9.14. The van der Waals surface area contributed by atoms with E-state index in [0.717, 1.165) is 0 Å². The molecule has 5 nitrogen and oxygen atoms in total. The quantitative estimate of drug-likeness (QED) is 0.658. The van der Waals surface area contributed by atoms with Crippen LogP contribution in [0.25, 0.3) is 0 Å². The molecule has 1 aromatic carbocycles. The van der Waals surface area contributed by atoms with Gasteiger partial charge in [-0.15, -0.1) is 0 Å². The summed E-state index contributed by atoms with van der Waals surface area (Å²) in [6.07, 6.45) is -3.46. The molecule has 0 saturated heterocycles. The Morgan fingerprint density at radius 2 is 1.79 bits per heavy atom. The first-order chi connectivity index (χ1) is 13.0. The van der Waals surface area contributed by atoms with Crippen molar-refractivity contribution < 1.29 is 22.8 Å². The van der Waals surface area contributed by atoms with Gasteiger partial charge in [0.25, 0.3) is 0 Å². The molecular formula is C20H24F3N3O2. The summed E-state index contributed by atoms with van der Waals surface area (Å²) >= 11 is 0. The lowest BCUT2D eigenvalue weighted by Crippen LogP contribution is -2.52. The van der Waals surface area contributed by atoms with Crippen LogP contribution in [0.15, 0.2) is 24.3 Å². The van der Waals surface area contributed by atoms with Gasteiger partial charge in [0.2, 0.25) is 5.91 Å². The van der Waals surface area contributed by atoms with Crippen LogP contribution in [0, 0.1) is 17.2 Å². The maximum atomic E-state index is 13.7. The molecule has 0 unspecified atom stereocenters. The third kappa shape index (κ3) is 5.55. The van der Waals surface area contributed by atoms with E-state index in [1.165, 1.54) is 31.2 Å². The van der Waals surface area contributed by atoms with Crippen molar-refractivity contribution in [2.45, 2.75) is 63.8 Å². The van der Waals surface area contributed by atoms with Gasteiger partial charge >= 0.3 is 6.18 Å². The van der Waals surface area contributed by atoms with Crippen molar-refractivity contribution in [2.75, 3.05) is 0 Å². The largest absolute Gasteiger partial charge is 0.407 e. The summed E-state index contributed by atoms with van der Waals surface area (Å²) < 4.78 is 41.2. The maximum Gasteiger partial charge on any atom is 0.407 e. The van der Waals surface area contributed by atoms with Gasteiger partial charge in [-0.1, -0.05) is 38.1 Å². The van der Waals surface area contributed by atoms with Crippen LogP contribution >= 0.6 is 0 Å². The van der Waals surface area contributed by atoms with Gasteiger partial charge in [0.1, 0.15) is 11.6 Å². The van der Waals surface area contributed by atoms with Gasteiger partial charge in [-0.2, -0.15) is 18.4 Å². The minimum Gasteiger partial charge on any atom is -0.336 e. The number of amides is 1. The Hall–Kier alpha value is -2.40. The van der Waals surface area contributed by atoms with Gasteiger partial charge in [0, 0.05) is 5.56 Å². The highest BCUT2D eigenvalue weighted by Crippen LogP contribution is 2.36. The monoisotopic (exact) mass is 395 g/mol. The van der Waals surface area contributed by atoms with E-state index in [-0.39, 0.29) is 23.7 Å². The summed E-state index contributed by atoms with van der Waals surface area (Å²) in [6, 6.07) is 3.99. The number of alkyl halides is 3. The third-order valence-corrected chi connectivity index (χ3v) is 4.70. The minimum absolute atomic E-state index is 0.0329. The highest BCUT2D eigenvalue weighted by Gasteiger charge is 2.47. The second kappa shape index (κ2) is 8.31. The fourth-order valence-electron chi connectivity index (χ4n) is 2.93. The highest BCUT2D eigenvalue weighted by atomic mass is 19.4. The molecule has 0 bridgehead atoms. The number of hydrogen-bond donors (Lipinski definition) is 2. The van der Waals surface area contributed by atoms with E-state index in [4.69, 9.17) is 5.26 Å². The molecule has 1 saturated carbocycles. The molecule has 1 aromatic rings. The molecule has 2 N–H and O–H groups in total. The van der Waals surface area contributed by atoms with Crippen LogP contribution in [-0.2, 0) is 4.79 Å². The standard InChI is InChI=1S/C20H24F3N3O2/c1-12(2)10-16(18(28)26-19(11-24)8-9-19)25-17(20(21,22)23)15-6-4-14(5-7-15)13(3)27/h4-7,12,16-17,25H,8-10H2,1-3H3,(H,26,28)/t16-,17-/m0/s1. The smallest absolute Gasteiger partial charge is 0.336 e. The molecule has 0 spiro atoms. The zero-order chi connectivity index (χ0) is 21.1. The molecule has 2 rings (SSSR count). The van der Waals surface area contributed by atoms with Gasteiger partial charge in [-0.05, 0) is 37.7 Å². The molecule has 0 aliphatic heterocycles. The van der Waals surface area contributed by atoms with Crippen LogP contribution in [0.4, 0.5) is 13.2 Å². The van der Waals surface area contributed by atoms with E-state index in [1.54, 1.807) is 0 Å². The van der Waals surface area contributed by atoms with Crippen molar-refractivity contribution in [2.24, 2.45) is 5.92 Å². The summed E-state index contributed by atoms with van der Waals surface area (Å²) in [6.45, 7) is 4.95. The first kappa shape index (κ1) is 21.9. The predicted molar refractivity (Wildman–Crippen MR) is 97.3 cm³/mol. The number of ketones is 1. The van der Waals surface area contributed by atoms with Crippen LogP contribution in [0.3, 0.4) is 0 Å². The van der Waals surface area contributed by atoms with Crippen molar-refractivity contribution in [3.63, 3.8) is 0 Å². The summed E-state index contributed by atoms with van der Waals surface area (Å²) in [5.41, 5.74) is -0.725. The Bertz CT molecular complexity index is 762. The van der Waals surface area contributed by atoms with Crippen molar-refractivity contribution in [3.05, 3.63) is 35.4 Å². The van der Waals surface area contributed by atoms with Gasteiger partial charge in [-0.3, -0.25) is 14.9 Å². The number of nitrogens with one attached hydrogen (secondary N) is 2. The second-order valence-corrected chi connectivity index (χ2v) is 7.68. The van der Waals surface area contributed by atoms with Gasteiger partial charge in [0.15, 0.2) is 5.78 Å². The number of nitriles is 1. The number of Topliss-reactive ketones (excluding diaryl/α,β-unsaturated/α-hetero) is 1. The number of carbonyl (C=O) groups is 2. The summed E-state index contributed by atoms with van der Waals surface area (Å²) in [5, 5.41) is 14.1.